The molecule has 3 aromatic heterocycles. The fourth-order valence-electron chi connectivity index (χ4n) is 4.99. The SMILES string of the molecule is CC.COc1ccc2ccccc2c1Cn1cnc2sc3c(c2c1=O)CCC(NCc1cccs1)C3. The number of aryl methyl sites for hydroxylation is 1. The largest absolute Gasteiger partial charge is 0.496 e. The number of nitrogens with one attached hydrogen (secondary N) is 1. The number of hydrogen-bond acceptors (Lipinski definition) is 6. The summed E-state index contributed by atoms with van der Waals surface area (Å²) in [5, 5.41) is 8.85. The quantitative estimate of drug-likeness (QED) is 0.283. The molecule has 1 unspecified atom stereocenters. The average molecular weight is 518 g/mol. The van der Waals surface area contributed by atoms with Gasteiger partial charge in [0, 0.05) is 27.9 Å². The lowest BCUT2D eigenvalue weighted by Crippen LogP contribution is -2.33. The Balaban J connectivity index is 0.00000130. The first-order chi connectivity index (χ1) is 17.7. The molecule has 0 radical (unpaired) electrons. The molecular formula is C29H31N3O2S2. The molecule has 0 spiro atoms. The predicted molar refractivity (Wildman–Crippen MR) is 152 cm³/mol. The van der Waals surface area contributed by atoms with Crippen molar-refractivity contribution >= 4 is 43.7 Å². The number of thiophene rings is 2. The molecule has 1 atom stereocenters. The van der Waals surface area contributed by atoms with Gasteiger partial charge in [0.05, 0.1) is 25.4 Å². The standard InChI is InChI=1S/C27H25N3O2S2.C2H6/c1-32-23-11-8-17-5-2-3-7-20(17)22(23)15-30-16-29-26-25(27(30)31)21-10-9-18(13-24(21)34-26)28-14-19-6-4-12-33-19;1-2/h2-8,11-12,16,18,28H,9-10,13-15H2,1H3;1-2H3. The lowest BCUT2D eigenvalue weighted by Gasteiger charge is -2.23. The van der Waals surface area contributed by atoms with Crippen LogP contribution in [-0.2, 0) is 25.9 Å². The van der Waals surface area contributed by atoms with Gasteiger partial charge < -0.3 is 10.1 Å². The van der Waals surface area contributed by atoms with Crippen LogP contribution in [0.5, 0.6) is 5.75 Å². The highest BCUT2D eigenvalue weighted by Crippen LogP contribution is 2.34. The van der Waals surface area contributed by atoms with Crippen molar-refractivity contribution < 1.29 is 4.74 Å². The topological polar surface area (TPSA) is 56.2 Å². The first-order valence-electron chi connectivity index (χ1n) is 12.5. The van der Waals surface area contributed by atoms with Gasteiger partial charge in [-0.05, 0) is 53.1 Å². The molecule has 0 saturated heterocycles. The summed E-state index contributed by atoms with van der Waals surface area (Å²) in [7, 11) is 1.68. The summed E-state index contributed by atoms with van der Waals surface area (Å²) in [5.41, 5.74) is 2.25. The third kappa shape index (κ3) is 4.71. The van der Waals surface area contributed by atoms with Crippen LogP contribution in [0.2, 0.25) is 0 Å². The van der Waals surface area contributed by atoms with Gasteiger partial charge in [0.1, 0.15) is 10.6 Å². The smallest absolute Gasteiger partial charge is 0.262 e. The molecule has 5 aromatic rings. The maximum atomic E-state index is 13.6. The van der Waals surface area contributed by atoms with E-state index >= 15 is 0 Å². The van der Waals surface area contributed by atoms with E-state index in [1.807, 2.05) is 32.0 Å². The molecule has 0 saturated carbocycles. The van der Waals surface area contributed by atoms with Gasteiger partial charge in [-0.3, -0.25) is 9.36 Å². The molecule has 6 rings (SSSR count). The van der Waals surface area contributed by atoms with Crippen LogP contribution in [0.25, 0.3) is 21.0 Å². The predicted octanol–water partition coefficient (Wildman–Crippen LogP) is 6.40. The summed E-state index contributed by atoms with van der Waals surface area (Å²) in [4.78, 5) is 21.9. The second-order valence-corrected chi connectivity index (χ2v) is 10.8. The zero-order valence-corrected chi connectivity index (χ0v) is 22.5. The van der Waals surface area contributed by atoms with E-state index in [9.17, 15) is 4.79 Å². The van der Waals surface area contributed by atoms with Crippen LogP contribution in [0, 0.1) is 0 Å². The van der Waals surface area contributed by atoms with Crippen LogP contribution >= 0.6 is 22.7 Å². The molecule has 7 heteroatoms. The highest BCUT2D eigenvalue weighted by Gasteiger charge is 2.25. The van der Waals surface area contributed by atoms with Gasteiger partial charge in [-0.2, -0.15) is 0 Å². The molecule has 1 N–H and O–H groups in total. The summed E-state index contributed by atoms with van der Waals surface area (Å²) in [6.07, 6.45) is 4.60. The Kier molecular flexibility index (Phi) is 7.51. The number of hydrogen-bond donors (Lipinski definition) is 1. The number of benzene rings is 2. The van der Waals surface area contributed by atoms with Gasteiger partial charge in [-0.25, -0.2) is 4.98 Å². The number of ether oxygens (including phenoxy) is 1. The maximum absolute atomic E-state index is 13.6. The second kappa shape index (κ2) is 10.9. The molecular weight excluding hydrogens is 486 g/mol. The Morgan fingerprint density at radius 3 is 2.81 bits per heavy atom. The molecule has 1 aliphatic carbocycles. The van der Waals surface area contributed by atoms with E-state index in [-0.39, 0.29) is 5.56 Å². The van der Waals surface area contributed by atoms with Gasteiger partial charge in [0.15, 0.2) is 0 Å². The minimum atomic E-state index is 0.0440. The van der Waals surface area contributed by atoms with Crippen LogP contribution < -0.4 is 15.6 Å². The van der Waals surface area contributed by atoms with Crippen molar-refractivity contribution in [2.75, 3.05) is 7.11 Å². The molecule has 0 bridgehead atoms. The molecule has 0 aliphatic heterocycles. The molecule has 36 heavy (non-hydrogen) atoms. The minimum Gasteiger partial charge on any atom is -0.496 e. The summed E-state index contributed by atoms with van der Waals surface area (Å²) in [6.45, 7) is 5.34. The maximum Gasteiger partial charge on any atom is 0.262 e. The molecule has 3 heterocycles. The fourth-order valence-corrected chi connectivity index (χ4v) is 6.90. The fraction of sp³-hybridized carbons (Fsp3) is 0.310. The summed E-state index contributed by atoms with van der Waals surface area (Å²) in [5.74, 6) is 0.790. The first kappa shape index (κ1) is 24.7. The van der Waals surface area contributed by atoms with E-state index < -0.39 is 0 Å². The van der Waals surface area contributed by atoms with E-state index in [1.54, 1.807) is 40.7 Å². The van der Waals surface area contributed by atoms with E-state index in [0.717, 1.165) is 58.1 Å². The number of fused-ring (bicyclic) bond motifs is 4. The van der Waals surface area contributed by atoms with Crippen LogP contribution in [0.1, 0.15) is 41.1 Å². The van der Waals surface area contributed by atoms with Gasteiger partial charge in [0.2, 0.25) is 0 Å². The molecule has 5 nitrogen and oxygen atoms in total. The first-order valence-corrected chi connectivity index (χ1v) is 14.2. The zero-order chi connectivity index (χ0) is 25.1. The third-order valence-electron chi connectivity index (χ3n) is 6.73. The molecule has 0 fully saturated rings. The number of methoxy groups -OCH3 is 1. The second-order valence-electron chi connectivity index (χ2n) is 8.73. The third-order valence-corrected chi connectivity index (χ3v) is 8.77. The zero-order valence-electron chi connectivity index (χ0n) is 20.9. The monoisotopic (exact) mass is 517 g/mol. The highest BCUT2D eigenvalue weighted by molar-refractivity contribution is 7.18. The average Bonchev–Trinajstić information content (AvgIpc) is 3.58. The van der Waals surface area contributed by atoms with Crippen molar-refractivity contribution in [1.82, 2.24) is 14.9 Å². The van der Waals surface area contributed by atoms with Gasteiger partial charge in [0.25, 0.3) is 5.56 Å². The molecule has 186 valence electrons. The van der Waals surface area contributed by atoms with Crippen molar-refractivity contribution in [3.63, 3.8) is 0 Å². The van der Waals surface area contributed by atoms with Crippen molar-refractivity contribution in [3.05, 3.63) is 91.5 Å². The van der Waals surface area contributed by atoms with Crippen LogP contribution in [0.4, 0.5) is 0 Å². The molecule has 0 amide bonds. The van der Waals surface area contributed by atoms with E-state index in [1.165, 1.54) is 15.3 Å². The highest BCUT2D eigenvalue weighted by atomic mass is 32.1. The molecule has 2 aromatic carbocycles. The Labute approximate surface area is 219 Å². The van der Waals surface area contributed by atoms with Gasteiger partial charge in [-0.1, -0.05) is 50.2 Å². The van der Waals surface area contributed by atoms with E-state index in [4.69, 9.17) is 9.72 Å². The Bertz CT molecular complexity index is 1540. The van der Waals surface area contributed by atoms with Crippen molar-refractivity contribution in [1.29, 1.82) is 0 Å². The van der Waals surface area contributed by atoms with Gasteiger partial charge >= 0.3 is 0 Å². The lowest BCUT2D eigenvalue weighted by molar-refractivity contribution is 0.409. The van der Waals surface area contributed by atoms with Crippen LogP contribution in [0.3, 0.4) is 0 Å². The normalized spacial score (nSPS) is 14.9. The minimum absolute atomic E-state index is 0.0440. The van der Waals surface area contributed by atoms with E-state index in [2.05, 4.69) is 41.0 Å². The molecule has 1 aliphatic rings. The number of aromatic nitrogens is 2. The van der Waals surface area contributed by atoms with Crippen LogP contribution in [0.15, 0.2) is 65.0 Å². The van der Waals surface area contributed by atoms with Crippen molar-refractivity contribution in [3.8, 4) is 5.75 Å². The Morgan fingerprint density at radius 2 is 2.00 bits per heavy atom. The summed E-state index contributed by atoms with van der Waals surface area (Å²) >= 11 is 3.46. The number of nitrogens with zero attached hydrogens (tertiary/aromatic N) is 2. The Morgan fingerprint density at radius 1 is 1.14 bits per heavy atom. The van der Waals surface area contributed by atoms with Crippen molar-refractivity contribution in [2.24, 2.45) is 0 Å². The number of rotatable bonds is 6. The van der Waals surface area contributed by atoms with Crippen molar-refractivity contribution in [2.45, 2.75) is 52.2 Å². The van der Waals surface area contributed by atoms with Gasteiger partial charge in [-0.15, -0.1) is 22.7 Å². The van der Waals surface area contributed by atoms with E-state index in [0.29, 0.717) is 12.6 Å². The Hall–Kier alpha value is -3.00. The summed E-state index contributed by atoms with van der Waals surface area (Å²) < 4.78 is 7.39. The van der Waals surface area contributed by atoms with Crippen LogP contribution in [-0.4, -0.2) is 22.7 Å². The summed E-state index contributed by atoms with van der Waals surface area (Å²) in [6, 6.07) is 16.9. The lowest BCUT2D eigenvalue weighted by atomic mass is 9.93.